The van der Waals surface area contributed by atoms with E-state index in [9.17, 15) is 14.9 Å². The summed E-state index contributed by atoms with van der Waals surface area (Å²) in [7, 11) is 0. The normalized spacial score (nSPS) is 10.2. The van der Waals surface area contributed by atoms with E-state index >= 15 is 0 Å². The van der Waals surface area contributed by atoms with Gasteiger partial charge in [0, 0.05) is 12.2 Å². The average Bonchev–Trinajstić information content (AvgIpc) is 2.02. The molecule has 1 rings (SSSR count). The number of hydrogen-bond acceptors (Lipinski definition) is 3. The van der Waals surface area contributed by atoms with Crippen LogP contribution in [0.25, 0.3) is 0 Å². The molecule has 0 aromatic carbocycles. The smallest absolute Gasteiger partial charge is 0.307 e. The molecule has 1 aromatic rings. The van der Waals surface area contributed by atoms with Crippen LogP contribution < -0.4 is 5.56 Å². The van der Waals surface area contributed by atoms with Crippen LogP contribution in [0.5, 0.6) is 0 Å². The van der Waals surface area contributed by atoms with Gasteiger partial charge in [0.15, 0.2) is 0 Å². The molecule has 14 heavy (non-hydrogen) atoms. The number of nitro groups is 1. The molecule has 0 aliphatic carbocycles. The maximum absolute atomic E-state index is 11.5. The van der Waals surface area contributed by atoms with Crippen LogP contribution in [-0.4, -0.2) is 9.49 Å². The summed E-state index contributed by atoms with van der Waals surface area (Å²) in [6.45, 7) is 3.81. The minimum absolute atomic E-state index is 0.109. The second kappa shape index (κ2) is 3.79. The lowest BCUT2D eigenvalue weighted by molar-refractivity contribution is -0.386. The first kappa shape index (κ1) is 10.7. The molecule has 0 saturated carbocycles. The molecule has 5 nitrogen and oxygen atoms in total. The average molecular weight is 217 g/mol. The van der Waals surface area contributed by atoms with Gasteiger partial charge in [-0.15, -0.1) is 0 Å². The Balaban J connectivity index is 3.61. The topological polar surface area (TPSA) is 65.1 Å². The molecule has 0 spiro atoms. The second-order valence-corrected chi connectivity index (χ2v) is 3.20. The lowest BCUT2D eigenvalue weighted by Gasteiger charge is -2.06. The lowest BCUT2D eigenvalue weighted by atomic mass is 10.3. The highest BCUT2D eigenvalue weighted by Crippen LogP contribution is 2.20. The number of rotatable bonds is 2. The third-order valence-corrected chi connectivity index (χ3v) is 2.22. The van der Waals surface area contributed by atoms with E-state index in [1.165, 1.54) is 10.6 Å². The minimum atomic E-state index is -0.754. The summed E-state index contributed by atoms with van der Waals surface area (Å²) in [6, 6.07) is 1.42. The van der Waals surface area contributed by atoms with Gasteiger partial charge in [0.1, 0.15) is 5.02 Å². The van der Waals surface area contributed by atoms with E-state index in [4.69, 9.17) is 11.6 Å². The van der Waals surface area contributed by atoms with Crippen LogP contribution in [0.4, 0.5) is 5.69 Å². The summed E-state index contributed by atoms with van der Waals surface area (Å²) < 4.78 is 1.31. The van der Waals surface area contributed by atoms with Crippen molar-refractivity contribution in [2.24, 2.45) is 0 Å². The molecule has 0 saturated heterocycles. The van der Waals surface area contributed by atoms with E-state index in [2.05, 4.69) is 0 Å². The van der Waals surface area contributed by atoms with Crippen molar-refractivity contribution in [1.82, 2.24) is 4.57 Å². The molecule has 76 valence electrons. The molecule has 0 fully saturated rings. The minimum Gasteiger partial charge on any atom is -0.307 e. The summed E-state index contributed by atoms with van der Waals surface area (Å²) >= 11 is 5.60. The van der Waals surface area contributed by atoms with Gasteiger partial charge in [-0.25, -0.2) is 0 Å². The fourth-order valence-electron chi connectivity index (χ4n) is 1.28. The van der Waals surface area contributed by atoms with Crippen molar-refractivity contribution < 1.29 is 4.92 Å². The van der Waals surface area contributed by atoms with E-state index in [0.29, 0.717) is 12.2 Å². The molecule has 6 heteroatoms. The number of nitrogens with zero attached hydrogens (tertiary/aromatic N) is 2. The highest BCUT2D eigenvalue weighted by Gasteiger charge is 2.20. The van der Waals surface area contributed by atoms with Crippen molar-refractivity contribution in [2.75, 3.05) is 0 Å². The van der Waals surface area contributed by atoms with Gasteiger partial charge in [-0.1, -0.05) is 11.6 Å². The van der Waals surface area contributed by atoms with Gasteiger partial charge < -0.3 is 4.57 Å². The number of aromatic nitrogens is 1. The van der Waals surface area contributed by atoms with Gasteiger partial charge >= 0.3 is 11.2 Å². The lowest BCUT2D eigenvalue weighted by Crippen LogP contribution is -2.24. The Morgan fingerprint density at radius 2 is 2.21 bits per heavy atom. The molecule has 0 aliphatic rings. The first-order valence-electron chi connectivity index (χ1n) is 4.03. The third-order valence-electron chi connectivity index (χ3n) is 1.93. The van der Waals surface area contributed by atoms with Crippen LogP contribution in [0, 0.1) is 17.0 Å². The molecule has 1 aromatic heterocycles. The first-order valence-corrected chi connectivity index (χ1v) is 4.41. The number of aryl methyl sites for hydroxylation is 1. The van der Waals surface area contributed by atoms with Crippen molar-refractivity contribution >= 4 is 17.3 Å². The van der Waals surface area contributed by atoms with Gasteiger partial charge in [0.2, 0.25) is 0 Å². The van der Waals surface area contributed by atoms with Crippen molar-refractivity contribution in [3.63, 3.8) is 0 Å². The van der Waals surface area contributed by atoms with Crippen LogP contribution in [0.2, 0.25) is 5.02 Å². The highest BCUT2D eigenvalue weighted by atomic mass is 35.5. The zero-order valence-electron chi connectivity index (χ0n) is 7.78. The van der Waals surface area contributed by atoms with Crippen LogP contribution in [-0.2, 0) is 6.54 Å². The Morgan fingerprint density at radius 1 is 1.64 bits per heavy atom. The van der Waals surface area contributed by atoms with Gasteiger partial charge in [-0.2, -0.15) is 0 Å². The zero-order chi connectivity index (χ0) is 10.9. The SMILES string of the molecule is CCn1c(C)cc(Cl)c([N+](=O)[O-])c1=O. The summed E-state index contributed by atoms with van der Waals surface area (Å²) in [6.07, 6.45) is 0. The molecule has 0 unspecified atom stereocenters. The van der Waals surface area contributed by atoms with E-state index in [-0.39, 0.29) is 5.02 Å². The van der Waals surface area contributed by atoms with Gasteiger partial charge in [-0.3, -0.25) is 14.9 Å². The molecular weight excluding hydrogens is 208 g/mol. The van der Waals surface area contributed by atoms with Crippen molar-refractivity contribution in [2.45, 2.75) is 20.4 Å². The molecule has 0 atom stereocenters. The summed E-state index contributed by atoms with van der Waals surface area (Å²) in [4.78, 5) is 21.3. The van der Waals surface area contributed by atoms with Crippen LogP contribution in [0.15, 0.2) is 10.9 Å². The summed E-state index contributed by atoms with van der Waals surface area (Å²) in [5.74, 6) is 0. The number of halogens is 1. The van der Waals surface area contributed by atoms with Crippen molar-refractivity contribution in [3.05, 3.63) is 37.3 Å². The molecule has 0 bridgehead atoms. The van der Waals surface area contributed by atoms with Crippen LogP contribution >= 0.6 is 11.6 Å². The van der Waals surface area contributed by atoms with Crippen LogP contribution in [0.1, 0.15) is 12.6 Å². The van der Waals surface area contributed by atoms with Crippen molar-refractivity contribution in [1.29, 1.82) is 0 Å². The van der Waals surface area contributed by atoms with Gasteiger partial charge in [-0.05, 0) is 19.9 Å². The number of pyridine rings is 1. The fraction of sp³-hybridized carbons (Fsp3) is 0.375. The zero-order valence-corrected chi connectivity index (χ0v) is 8.54. The van der Waals surface area contributed by atoms with Crippen molar-refractivity contribution in [3.8, 4) is 0 Å². The Morgan fingerprint density at radius 3 is 2.64 bits per heavy atom. The molecule has 0 amide bonds. The van der Waals surface area contributed by atoms with Gasteiger partial charge in [0.05, 0.1) is 4.92 Å². The molecule has 1 heterocycles. The maximum atomic E-state index is 11.5. The number of hydrogen-bond donors (Lipinski definition) is 0. The van der Waals surface area contributed by atoms with Crippen LogP contribution in [0.3, 0.4) is 0 Å². The molecule has 0 N–H and O–H groups in total. The third kappa shape index (κ3) is 1.63. The molecular formula is C8H9ClN2O3. The highest BCUT2D eigenvalue weighted by molar-refractivity contribution is 6.32. The Hall–Kier alpha value is -1.36. The first-order chi connectivity index (χ1) is 6.49. The predicted molar refractivity (Wildman–Crippen MR) is 52.8 cm³/mol. The Bertz CT molecular complexity index is 439. The Labute approximate surface area is 85.1 Å². The Kier molecular flexibility index (Phi) is 2.90. The summed E-state index contributed by atoms with van der Waals surface area (Å²) in [5, 5.41) is 10.4. The fourth-order valence-corrected chi connectivity index (χ4v) is 1.59. The van der Waals surface area contributed by atoms with Gasteiger partial charge in [0.25, 0.3) is 0 Å². The van der Waals surface area contributed by atoms with E-state index < -0.39 is 16.2 Å². The standard InChI is InChI=1S/C8H9ClN2O3/c1-3-10-5(2)4-6(9)7(8(10)12)11(13)14/h4H,3H2,1-2H3. The maximum Gasteiger partial charge on any atom is 0.352 e. The molecule has 0 radical (unpaired) electrons. The predicted octanol–water partition coefficient (Wildman–Crippen LogP) is 1.74. The molecule has 0 aliphatic heterocycles. The van der Waals surface area contributed by atoms with E-state index in [1.54, 1.807) is 13.8 Å². The summed E-state index contributed by atoms with van der Waals surface area (Å²) in [5.41, 5.74) is -0.588. The monoisotopic (exact) mass is 216 g/mol. The largest absolute Gasteiger partial charge is 0.352 e. The second-order valence-electron chi connectivity index (χ2n) is 2.79. The van der Waals surface area contributed by atoms with E-state index in [0.717, 1.165) is 0 Å². The quantitative estimate of drug-likeness (QED) is 0.559. The van der Waals surface area contributed by atoms with E-state index in [1.807, 2.05) is 0 Å².